The molecule has 3 heterocycles. The summed E-state index contributed by atoms with van der Waals surface area (Å²) in [6, 6.07) is 2.29. The summed E-state index contributed by atoms with van der Waals surface area (Å²) in [6.07, 6.45) is 2.47. The summed E-state index contributed by atoms with van der Waals surface area (Å²) >= 11 is 4.00. The number of fused-ring (bicyclic) bond motifs is 1. The van der Waals surface area contributed by atoms with Gasteiger partial charge in [0.05, 0.1) is 0 Å². The average molecular weight is 268 g/mol. The molecule has 17 heavy (non-hydrogen) atoms. The van der Waals surface area contributed by atoms with Crippen LogP contribution >= 0.6 is 23.1 Å². The summed E-state index contributed by atoms with van der Waals surface area (Å²) < 4.78 is 0. The van der Waals surface area contributed by atoms with Crippen molar-refractivity contribution in [2.45, 2.75) is 37.1 Å². The van der Waals surface area contributed by atoms with Crippen molar-refractivity contribution in [3.63, 3.8) is 0 Å². The van der Waals surface area contributed by atoms with Crippen LogP contribution in [0.4, 0.5) is 0 Å². The van der Waals surface area contributed by atoms with Gasteiger partial charge in [0, 0.05) is 41.1 Å². The number of thioether (sulfide) groups is 1. The molecule has 2 aliphatic rings. The molecule has 1 aromatic heterocycles. The normalized spacial score (nSPS) is 33.9. The van der Waals surface area contributed by atoms with E-state index in [1.807, 2.05) is 11.3 Å². The van der Waals surface area contributed by atoms with Gasteiger partial charge in [0.15, 0.2) is 0 Å². The lowest BCUT2D eigenvalue weighted by Crippen LogP contribution is -2.55. The fraction of sp³-hybridized carbons (Fsp3) is 0.692. The van der Waals surface area contributed by atoms with Crippen molar-refractivity contribution in [2.24, 2.45) is 5.73 Å². The standard InChI is InChI=1S/C13H20N2S2/c1-10-6-13(8-14,9-17-10)15-4-2-12-11(7-15)3-5-16-12/h3,5,10H,2,4,6-9,14H2,1H3. The monoisotopic (exact) mass is 268 g/mol. The van der Waals surface area contributed by atoms with Gasteiger partial charge in [-0.15, -0.1) is 11.3 Å². The van der Waals surface area contributed by atoms with Crippen LogP contribution in [-0.4, -0.2) is 34.5 Å². The largest absolute Gasteiger partial charge is 0.329 e. The predicted molar refractivity (Wildman–Crippen MR) is 76.8 cm³/mol. The summed E-state index contributed by atoms with van der Waals surface area (Å²) in [6.45, 7) is 5.45. The molecule has 2 N–H and O–H groups in total. The Hall–Kier alpha value is -0.0300. The van der Waals surface area contributed by atoms with Gasteiger partial charge in [-0.1, -0.05) is 6.92 Å². The lowest BCUT2D eigenvalue weighted by molar-refractivity contribution is 0.0982. The first-order valence-corrected chi connectivity index (χ1v) is 8.28. The second-order valence-electron chi connectivity index (χ2n) is 5.29. The molecule has 1 aromatic rings. The molecule has 0 bridgehead atoms. The molecule has 0 saturated carbocycles. The van der Waals surface area contributed by atoms with Crippen LogP contribution in [0.25, 0.3) is 0 Å². The van der Waals surface area contributed by atoms with E-state index in [0.29, 0.717) is 0 Å². The van der Waals surface area contributed by atoms with Crippen LogP contribution in [0, 0.1) is 0 Å². The van der Waals surface area contributed by atoms with Crippen molar-refractivity contribution < 1.29 is 0 Å². The van der Waals surface area contributed by atoms with Crippen LogP contribution in [0.2, 0.25) is 0 Å². The Morgan fingerprint density at radius 1 is 1.59 bits per heavy atom. The second kappa shape index (κ2) is 4.57. The van der Waals surface area contributed by atoms with Crippen molar-refractivity contribution in [3.05, 3.63) is 21.9 Å². The number of thiophene rings is 1. The van der Waals surface area contributed by atoms with Crippen molar-refractivity contribution in [1.29, 1.82) is 0 Å². The van der Waals surface area contributed by atoms with Crippen molar-refractivity contribution in [2.75, 3.05) is 18.8 Å². The number of hydrogen-bond acceptors (Lipinski definition) is 4. The minimum Gasteiger partial charge on any atom is -0.329 e. The van der Waals surface area contributed by atoms with E-state index >= 15 is 0 Å². The van der Waals surface area contributed by atoms with Gasteiger partial charge < -0.3 is 5.73 Å². The lowest BCUT2D eigenvalue weighted by atomic mass is 9.91. The average Bonchev–Trinajstić information content (AvgIpc) is 2.94. The summed E-state index contributed by atoms with van der Waals surface area (Å²) in [5, 5.41) is 3.00. The van der Waals surface area contributed by atoms with Gasteiger partial charge in [-0.25, -0.2) is 0 Å². The van der Waals surface area contributed by atoms with Gasteiger partial charge in [-0.2, -0.15) is 11.8 Å². The fourth-order valence-corrected chi connectivity index (χ4v) is 5.43. The Kier molecular flexibility index (Phi) is 3.24. The van der Waals surface area contributed by atoms with E-state index in [0.717, 1.165) is 18.3 Å². The number of nitrogens with two attached hydrogens (primary N) is 1. The Labute approximate surface area is 112 Å². The van der Waals surface area contributed by atoms with Crippen LogP contribution in [0.5, 0.6) is 0 Å². The van der Waals surface area contributed by atoms with Crippen molar-refractivity contribution in [3.8, 4) is 0 Å². The van der Waals surface area contributed by atoms with E-state index < -0.39 is 0 Å². The molecule has 4 heteroatoms. The van der Waals surface area contributed by atoms with E-state index in [-0.39, 0.29) is 5.54 Å². The molecule has 1 saturated heterocycles. The predicted octanol–water partition coefficient (Wildman–Crippen LogP) is 2.33. The third-order valence-electron chi connectivity index (χ3n) is 4.16. The molecule has 2 unspecified atom stereocenters. The quantitative estimate of drug-likeness (QED) is 0.892. The zero-order valence-electron chi connectivity index (χ0n) is 10.3. The first-order chi connectivity index (χ1) is 8.23. The Morgan fingerprint density at radius 3 is 3.18 bits per heavy atom. The van der Waals surface area contributed by atoms with Gasteiger partial charge in [-0.3, -0.25) is 4.90 Å². The van der Waals surface area contributed by atoms with Crippen molar-refractivity contribution >= 4 is 23.1 Å². The zero-order chi connectivity index (χ0) is 11.9. The van der Waals surface area contributed by atoms with Crippen LogP contribution in [0.15, 0.2) is 11.4 Å². The number of rotatable bonds is 2. The molecule has 2 aliphatic heterocycles. The van der Waals surface area contributed by atoms with E-state index in [9.17, 15) is 0 Å². The first-order valence-electron chi connectivity index (χ1n) is 6.35. The minimum absolute atomic E-state index is 0.268. The highest BCUT2D eigenvalue weighted by atomic mass is 32.2. The topological polar surface area (TPSA) is 29.3 Å². The Bertz CT molecular complexity index is 404. The first kappa shape index (κ1) is 12.0. The highest BCUT2D eigenvalue weighted by molar-refractivity contribution is 8.00. The lowest BCUT2D eigenvalue weighted by Gasteiger charge is -2.42. The Morgan fingerprint density at radius 2 is 2.47 bits per heavy atom. The minimum atomic E-state index is 0.268. The maximum Gasteiger partial charge on any atom is 0.0436 e. The molecule has 0 radical (unpaired) electrons. The SMILES string of the molecule is CC1CC(CN)(N2CCc3sccc3C2)CS1. The molecule has 3 rings (SSSR count). The maximum absolute atomic E-state index is 6.10. The third kappa shape index (κ3) is 2.05. The zero-order valence-corrected chi connectivity index (χ0v) is 11.9. The van der Waals surface area contributed by atoms with Gasteiger partial charge in [-0.05, 0) is 29.9 Å². The number of nitrogens with zero attached hydrogens (tertiary/aromatic N) is 1. The van der Waals surface area contributed by atoms with Gasteiger partial charge in [0.2, 0.25) is 0 Å². The van der Waals surface area contributed by atoms with Gasteiger partial charge in [0.1, 0.15) is 0 Å². The van der Waals surface area contributed by atoms with E-state index in [1.165, 1.54) is 25.1 Å². The maximum atomic E-state index is 6.10. The van der Waals surface area contributed by atoms with Crippen LogP contribution < -0.4 is 5.73 Å². The van der Waals surface area contributed by atoms with E-state index in [4.69, 9.17) is 5.73 Å². The molecule has 0 aliphatic carbocycles. The molecule has 0 spiro atoms. The molecule has 2 atom stereocenters. The second-order valence-corrected chi connectivity index (χ2v) is 7.72. The summed E-state index contributed by atoms with van der Waals surface area (Å²) in [5.41, 5.74) is 7.91. The van der Waals surface area contributed by atoms with Gasteiger partial charge in [0.25, 0.3) is 0 Å². The molecule has 1 fully saturated rings. The summed E-state index contributed by atoms with van der Waals surface area (Å²) in [7, 11) is 0. The smallest absolute Gasteiger partial charge is 0.0436 e. The van der Waals surface area contributed by atoms with E-state index in [1.54, 1.807) is 10.4 Å². The summed E-state index contributed by atoms with van der Waals surface area (Å²) in [4.78, 5) is 4.24. The molecule has 0 aromatic carbocycles. The highest BCUT2D eigenvalue weighted by Gasteiger charge is 2.42. The Balaban J connectivity index is 1.81. The van der Waals surface area contributed by atoms with Crippen LogP contribution in [0.1, 0.15) is 23.8 Å². The van der Waals surface area contributed by atoms with Crippen LogP contribution in [0.3, 0.4) is 0 Å². The third-order valence-corrected chi connectivity index (χ3v) is 6.63. The van der Waals surface area contributed by atoms with E-state index in [2.05, 4.69) is 35.0 Å². The van der Waals surface area contributed by atoms with Crippen LogP contribution in [-0.2, 0) is 13.0 Å². The highest BCUT2D eigenvalue weighted by Crippen LogP contribution is 2.40. The fourth-order valence-electron chi connectivity index (χ4n) is 3.10. The van der Waals surface area contributed by atoms with Gasteiger partial charge >= 0.3 is 0 Å². The molecular formula is C13H20N2S2. The molecular weight excluding hydrogens is 248 g/mol. The molecule has 94 valence electrons. The summed E-state index contributed by atoms with van der Waals surface area (Å²) in [5.74, 6) is 1.21. The molecule has 2 nitrogen and oxygen atoms in total. The van der Waals surface area contributed by atoms with Crippen molar-refractivity contribution in [1.82, 2.24) is 4.90 Å². The molecule has 0 amide bonds. The number of hydrogen-bond donors (Lipinski definition) is 1.